The number of oxazole rings is 1. The van der Waals surface area contributed by atoms with Gasteiger partial charge in [0, 0.05) is 13.5 Å². The first-order valence-corrected chi connectivity index (χ1v) is 4.47. The monoisotopic (exact) mass is 212 g/mol. The molecule has 0 radical (unpaired) electrons. The van der Waals surface area contributed by atoms with Gasteiger partial charge in [-0.25, -0.2) is 4.98 Å². The van der Waals surface area contributed by atoms with Crippen LogP contribution in [-0.2, 0) is 16.0 Å². The molecule has 0 bridgehead atoms. The molecule has 0 saturated heterocycles. The average Bonchev–Trinajstić information content (AvgIpc) is 2.50. The number of nitrogens with one attached hydrogen (secondary N) is 1. The van der Waals surface area contributed by atoms with Gasteiger partial charge in [-0.2, -0.15) is 0 Å². The second-order valence-corrected chi connectivity index (χ2v) is 3.03. The molecule has 1 aromatic heterocycles. The smallest absolute Gasteiger partial charge is 0.305 e. The Morgan fingerprint density at radius 1 is 1.60 bits per heavy atom. The molecular formula is C9H12N2O4. The van der Waals surface area contributed by atoms with Gasteiger partial charge in [-0.15, -0.1) is 0 Å². The van der Waals surface area contributed by atoms with E-state index in [-0.39, 0.29) is 25.3 Å². The van der Waals surface area contributed by atoms with E-state index < -0.39 is 5.97 Å². The molecule has 0 aliphatic heterocycles. The molecule has 1 amide bonds. The molecule has 0 atom stereocenters. The summed E-state index contributed by atoms with van der Waals surface area (Å²) in [7, 11) is 0. The van der Waals surface area contributed by atoms with Crippen LogP contribution in [0.3, 0.4) is 0 Å². The lowest BCUT2D eigenvalue weighted by Gasteiger charge is -2.00. The first-order chi connectivity index (χ1) is 7.08. The van der Waals surface area contributed by atoms with Crippen molar-refractivity contribution < 1.29 is 19.1 Å². The van der Waals surface area contributed by atoms with Crippen molar-refractivity contribution in [1.82, 2.24) is 10.3 Å². The highest BCUT2D eigenvalue weighted by Crippen LogP contribution is 2.00. The summed E-state index contributed by atoms with van der Waals surface area (Å²) >= 11 is 0. The number of carbonyl (C=O) groups excluding carboxylic acids is 1. The number of hydrogen-bond acceptors (Lipinski definition) is 4. The lowest BCUT2D eigenvalue weighted by molar-refractivity contribution is -0.136. The molecule has 0 aliphatic rings. The zero-order chi connectivity index (χ0) is 11.3. The number of amides is 1. The Balaban J connectivity index is 2.27. The van der Waals surface area contributed by atoms with Crippen LogP contribution in [0.1, 0.15) is 18.0 Å². The fourth-order valence-corrected chi connectivity index (χ4v) is 1.03. The molecule has 15 heavy (non-hydrogen) atoms. The molecular weight excluding hydrogens is 200 g/mol. The highest BCUT2D eigenvalue weighted by Gasteiger charge is 2.07. The largest absolute Gasteiger partial charge is 0.481 e. The number of rotatable bonds is 5. The van der Waals surface area contributed by atoms with Gasteiger partial charge in [0.15, 0.2) is 5.89 Å². The van der Waals surface area contributed by atoms with E-state index >= 15 is 0 Å². The Kier molecular flexibility index (Phi) is 3.84. The predicted octanol–water partition coefficient (Wildman–Crippen LogP) is 0.116. The van der Waals surface area contributed by atoms with E-state index in [4.69, 9.17) is 9.52 Å². The highest BCUT2D eigenvalue weighted by atomic mass is 16.4. The van der Waals surface area contributed by atoms with E-state index in [0.29, 0.717) is 11.6 Å². The zero-order valence-electron chi connectivity index (χ0n) is 8.32. The maximum atomic E-state index is 11.2. The van der Waals surface area contributed by atoms with Crippen molar-refractivity contribution >= 4 is 11.9 Å². The van der Waals surface area contributed by atoms with E-state index in [2.05, 4.69) is 10.3 Å². The Morgan fingerprint density at radius 2 is 2.33 bits per heavy atom. The van der Waals surface area contributed by atoms with Crippen LogP contribution >= 0.6 is 0 Å². The number of carboxylic acid groups (broad SMARTS) is 1. The summed E-state index contributed by atoms with van der Waals surface area (Å²) in [5, 5.41) is 10.8. The molecule has 0 aromatic carbocycles. The van der Waals surface area contributed by atoms with Gasteiger partial charge in [0.2, 0.25) is 5.91 Å². The topological polar surface area (TPSA) is 92.4 Å². The maximum Gasteiger partial charge on any atom is 0.305 e. The predicted molar refractivity (Wildman–Crippen MR) is 50.2 cm³/mol. The molecule has 2 N–H and O–H groups in total. The standard InChI is InChI=1S/C9H12N2O4/c1-6-11-7(5-15-6)4-8(12)10-3-2-9(13)14/h5H,2-4H2,1H3,(H,10,12)(H,13,14). The van der Waals surface area contributed by atoms with Gasteiger partial charge in [-0.1, -0.05) is 0 Å². The number of carbonyl (C=O) groups is 2. The number of aromatic nitrogens is 1. The molecule has 6 heteroatoms. The molecule has 0 unspecified atom stereocenters. The van der Waals surface area contributed by atoms with Crippen molar-refractivity contribution in [2.45, 2.75) is 19.8 Å². The van der Waals surface area contributed by atoms with Crippen LogP contribution in [0.15, 0.2) is 10.7 Å². The molecule has 1 rings (SSSR count). The van der Waals surface area contributed by atoms with Crippen molar-refractivity contribution in [2.75, 3.05) is 6.54 Å². The summed E-state index contributed by atoms with van der Waals surface area (Å²) in [4.78, 5) is 25.3. The van der Waals surface area contributed by atoms with Gasteiger partial charge in [-0.3, -0.25) is 9.59 Å². The van der Waals surface area contributed by atoms with Crippen LogP contribution in [-0.4, -0.2) is 28.5 Å². The molecule has 6 nitrogen and oxygen atoms in total. The third-order valence-corrected chi connectivity index (χ3v) is 1.67. The van der Waals surface area contributed by atoms with Crippen LogP contribution in [0, 0.1) is 6.92 Å². The van der Waals surface area contributed by atoms with Gasteiger partial charge < -0.3 is 14.8 Å². The maximum absolute atomic E-state index is 11.2. The van der Waals surface area contributed by atoms with Gasteiger partial charge in [0.05, 0.1) is 18.5 Å². The van der Waals surface area contributed by atoms with Crippen molar-refractivity contribution in [2.24, 2.45) is 0 Å². The van der Waals surface area contributed by atoms with Crippen molar-refractivity contribution in [3.05, 3.63) is 17.8 Å². The molecule has 0 aliphatic carbocycles. The lowest BCUT2D eigenvalue weighted by atomic mass is 10.3. The van der Waals surface area contributed by atoms with E-state index in [1.165, 1.54) is 6.26 Å². The van der Waals surface area contributed by atoms with Gasteiger partial charge in [0.1, 0.15) is 6.26 Å². The number of carboxylic acids is 1. The lowest BCUT2D eigenvalue weighted by Crippen LogP contribution is -2.27. The normalized spacial score (nSPS) is 9.93. The fraction of sp³-hybridized carbons (Fsp3) is 0.444. The van der Waals surface area contributed by atoms with E-state index in [0.717, 1.165) is 0 Å². The number of hydrogen-bond donors (Lipinski definition) is 2. The molecule has 82 valence electrons. The minimum absolute atomic E-state index is 0.0798. The highest BCUT2D eigenvalue weighted by molar-refractivity contribution is 5.78. The Morgan fingerprint density at radius 3 is 2.87 bits per heavy atom. The second-order valence-electron chi connectivity index (χ2n) is 3.03. The first-order valence-electron chi connectivity index (χ1n) is 4.47. The van der Waals surface area contributed by atoms with Crippen molar-refractivity contribution in [3.63, 3.8) is 0 Å². The molecule has 0 saturated carbocycles. The summed E-state index contributed by atoms with van der Waals surface area (Å²) in [6.07, 6.45) is 1.44. The van der Waals surface area contributed by atoms with Crippen LogP contribution in [0.4, 0.5) is 0 Å². The van der Waals surface area contributed by atoms with Crippen LogP contribution in [0.2, 0.25) is 0 Å². The summed E-state index contributed by atoms with van der Waals surface area (Å²) in [5.41, 5.74) is 0.542. The molecule has 0 fully saturated rings. The van der Waals surface area contributed by atoms with Crippen molar-refractivity contribution in [1.29, 1.82) is 0 Å². The third-order valence-electron chi connectivity index (χ3n) is 1.67. The van der Waals surface area contributed by atoms with Crippen LogP contribution in [0.25, 0.3) is 0 Å². The fourth-order valence-electron chi connectivity index (χ4n) is 1.03. The quantitative estimate of drug-likeness (QED) is 0.723. The van der Waals surface area contributed by atoms with Gasteiger partial charge >= 0.3 is 5.97 Å². The molecule has 1 heterocycles. The number of aliphatic carboxylic acids is 1. The molecule has 1 aromatic rings. The minimum Gasteiger partial charge on any atom is -0.481 e. The zero-order valence-corrected chi connectivity index (χ0v) is 8.32. The Labute approximate surface area is 86.3 Å². The first kappa shape index (κ1) is 11.2. The van der Waals surface area contributed by atoms with Crippen LogP contribution < -0.4 is 5.32 Å². The summed E-state index contributed by atoms with van der Waals surface area (Å²) in [6, 6.07) is 0. The third kappa shape index (κ3) is 4.26. The van der Waals surface area contributed by atoms with Crippen LogP contribution in [0.5, 0.6) is 0 Å². The minimum atomic E-state index is -0.937. The Hall–Kier alpha value is -1.85. The summed E-state index contributed by atoms with van der Waals surface area (Å²) < 4.78 is 4.92. The summed E-state index contributed by atoms with van der Waals surface area (Å²) in [6.45, 7) is 1.82. The van der Waals surface area contributed by atoms with E-state index in [1.54, 1.807) is 6.92 Å². The van der Waals surface area contributed by atoms with Gasteiger partial charge in [0.25, 0.3) is 0 Å². The molecule has 0 spiro atoms. The summed E-state index contributed by atoms with van der Waals surface area (Å²) in [5.74, 6) is -0.694. The second kappa shape index (κ2) is 5.14. The SMILES string of the molecule is Cc1nc(CC(=O)NCCC(=O)O)co1. The number of aryl methyl sites for hydroxylation is 1. The van der Waals surface area contributed by atoms with E-state index in [9.17, 15) is 9.59 Å². The van der Waals surface area contributed by atoms with Crippen molar-refractivity contribution in [3.8, 4) is 0 Å². The average molecular weight is 212 g/mol. The van der Waals surface area contributed by atoms with E-state index in [1.807, 2.05) is 0 Å². The Bertz CT molecular complexity index is 359. The van der Waals surface area contributed by atoms with Gasteiger partial charge in [-0.05, 0) is 0 Å². The number of nitrogens with zero attached hydrogens (tertiary/aromatic N) is 1.